The first-order valence-corrected chi connectivity index (χ1v) is 6.78. The topological polar surface area (TPSA) is 74.3 Å². The van der Waals surface area contributed by atoms with E-state index in [-0.39, 0.29) is 17.6 Å². The molecule has 1 heterocycles. The Bertz CT molecular complexity index is 734. The Hall–Kier alpha value is -2.56. The van der Waals surface area contributed by atoms with Gasteiger partial charge in [-0.25, -0.2) is 4.79 Å². The van der Waals surface area contributed by atoms with Gasteiger partial charge in [-0.1, -0.05) is 24.3 Å². The zero-order valence-corrected chi connectivity index (χ0v) is 11.7. The number of aromatic nitrogens is 1. The highest BCUT2D eigenvalue weighted by Crippen LogP contribution is 2.43. The molecule has 0 aliphatic heterocycles. The van der Waals surface area contributed by atoms with Gasteiger partial charge in [-0.05, 0) is 29.2 Å². The standard InChI is InChI=1S/C16H16N2O3/c1-18-9-12(6-7-15(18)19)10-2-4-11(5-3-10)13-8-14(13)21-16(17)20/h2-7,9,13-14H,8H2,1H3,(H2,17,20). The van der Waals surface area contributed by atoms with Crippen LogP contribution in [-0.2, 0) is 11.8 Å². The number of rotatable bonds is 3. The second kappa shape index (κ2) is 5.09. The van der Waals surface area contributed by atoms with Crippen molar-refractivity contribution in [2.75, 3.05) is 0 Å². The summed E-state index contributed by atoms with van der Waals surface area (Å²) < 4.78 is 6.53. The normalized spacial score (nSPS) is 20.0. The van der Waals surface area contributed by atoms with E-state index in [4.69, 9.17) is 10.5 Å². The van der Waals surface area contributed by atoms with Crippen LogP contribution in [0.15, 0.2) is 47.4 Å². The molecule has 108 valence electrons. The van der Waals surface area contributed by atoms with E-state index in [9.17, 15) is 9.59 Å². The van der Waals surface area contributed by atoms with E-state index in [1.807, 2.05) is 36.5 Å². The van der Waals surface area contributed by atoms with Gasteiger partial charge in [0.2, 0.25) is 5.56 Å². The lowest BCUT2D eigenvalue weighted by Gasteiger charge is -2.06. The van der Waals surface area contributed by atoms with Crippen LogP contribution in [0.1, 0.15) is 17.9 Å². The van der Waals surface area contributed by atoms with E-state index >= 15 is 0 Å². The van der Waals surface area contributed by atoms with E-state index < -0.39 is 6.09 Å². The van der Waals surface area contributed by atoms with Gasteiger partial charge in [0.15, 0.2) is 0 Å². The molecule has 1 aromatic heterocycles. The van der Waals surface area contributed by atoms with Crippen LogP contribution in [0.3, 0.4) is 0 Å². The molecular formula is C16H16N2O3. The lowest BCUT2D eigenvalue weighted by atomic mass is 10.0. The van der Waals surface area contributed by atoms with Crippen molar-refractivity contribution in [1.29, 1.82) is 0 Å². The Balaban J connectivity index is 1.77. The van der Waals surface area contributed by atoms with Gasteiger partial charge in [0, 0.05) is 25.2 Å². The highest BCUT2D eigenvalue weighted by atomic mass is 16.6. The van der Waals surface area contributed by atoms with E-state index in [0.717, 1.165) is 23.1 Å². The number of nitrogens with two attached hydrogens (primary N) is 1. The zero-order chi connectivity index (χ0) is 15.0. The van der Waals surface area contributed by atoms with Gasteiger partial charge < -0.3 is 15.0 Å². The molecule has 1 aromatic carbocycles. The Morgan fingerprint density at radius 3 is 2.48 bits per heavy atom. The van der Waals surface area contributed by atoms with Gasteiger partial charge >= 0.3 is 6.09 Å². The summed E-state index contributed by atoms with van der Waals surface area (Å²) in [6, 6.07) is 11.4. The summed E-state index contributed by atoms with van der Waals surface area (Å²) in [7, 11) is 1.73. The van der Waals surface area contributed by atoms with Crippen molar-refractivity contribution in [2.24, 2.45) is 12.8 Å². The van der Waals surface area contributed by atoms with Crippen LogP contribution in [0.5, 0.6) is 0 Å². The lowest BCUT2D eigenvalue weighted by molar-refractivity contribution is 0.147. The summed E-state index contributed by atoms with van der Waals surface area (Å²) in [5.74, 6) is 0.242. The van der Waals surface area contributed by atoms with Gasteiger partial charge in [-0.15, -0.1) is 0 Å². The number of hydrogen-bond donors (Lipinski definition) is 1. The molecule has 2 unspecified atom stereocenters. The smallest absolute Gasteiger partial charge is 0.404 e. The SMILES string of the molecule is Cn1cc(-c2ccc(C3CC3OC(N)=O)cc2)ccc1=O. The first-order chi connectivity index (χ1) is 10.0. The van der Waals surface area contributed by atoms with E-state index in [1.54, 1.807) is 17.7 Å². The number of ether oxygens (including phenoxy) is 1. The zero-order valence-electron chi connectivity index (χ0n) is 11.7. The predicted molar refractivity (Wildman–Crippen MR) is 78.9 cm³/mol. The number of pyridine rings is 1. The fourth-order valence-corrected chi connectivity index (χ4v) is 2.49. The van der Waals surface area contributed by atoms with Crippen molar-refractivity contribution in [3.8, 4) is 11.1 Å². The van der Waals surface area contributed by atoms with Gasteiger partial charge in [-0.2, -0.15) is 0 Å². The molecule has 3 rings (SSSR count). The average Bonchev–Trinajstić information content (AvgIpc) is 3.20. The molecule has 0 radical (unpaired) electrons. The minimum Gasteiger partial charge on any atom is -0.446 e. The molecule has 1 fully saturated rings. The van der Waals surface area contributed by atoms with Crippen molar-refractivity contribution in [3.63, 3.8) is 0 Å². The van der Waals surface area contributed by atoms with E-state index in [0.29, 0.717) is 0 Å². The second-order valence-electron chi connectivity index (χ2n) is 5.31. The first kappa shape index (κ1) is 13.4. The Kier molecular flexibility index (Phi) is 3.25. The molecule has 0 bridgehead atoms. The molecule has 0 saturated heterocycles. The number of aryl methyl sites for hydroxylation is 1. The van der Waals surface area contributed by atoms with Crippen LogP contribution < -0.4 is 11.3 Å². The molecule has 1 aliphatic carbocycles. The third-order valence-electron chi connectivity index (χ3n) is 3.76. The summed E-state index contributed by atoms with van der Waals surface area (Å²) in [5, 5.41) is 0. The van der Waals surface area contributed by atoms with E-state index in [2.05, 4.69) is 0 Å². The minimum atomic E-state index is -0.718. The number of primary amides is 1. The summed E-state index contributed by atoms with van der Waals surface area (Å²) in [5.41, 5.74) is 8.15. The van der Waals surface area contributed by atoms with Crippen LogP contribution in [0.4, 0.5) is 4.79 Å². The molecular weight excluding hydrogens is 268 g/mol. The molecule has 5 nitrogen and oxygen atoms in total. The fraction of sp³-hybridized carbons (Fsp3) is 0.250. The molecule has 2 N–H and O–H groups in total. The molecule has 2 aromatic rings. The number of carbonyl (C=O) groups excluding carboxylic acids is 1. The fourth-order valence-electron chi connectivity index (χ4n) is 2.49. The number of benzene rings is 1. The number of carbonyl (C=O) groups is 1. The maximum absolute atomic E-state index is 11.4. The highest BCUT2D eigenvalue weighted by molar-refractivity contribution is 5.65. The molecule has 0 spiro atoms. The Morgan fingerprint density at radius 1 is 1.19 bits per heavy atom. The van der Waals surface area contributed by atoms with Crippen molar-refractivity contribution in [2.45, 2.75) is 18.4 Å². The molecule has 1 saturated carbocycles. The summed E-state index contributed by atoms with van der Waals surface area (Å²) >= 11 is 0. The highest BCUT2D eigenvalue weighted by Gasteiger charge is 2.41. The van der Waals surface area contributed by atoms with E-state index in [1.165, 1.54) is 0 Å². The minimum absolute atomic E-state index is 0.0280. The van der Waals surface area contributed by atoms with Gasteiger partial charge in [-0.3, -0.25) is 4.79 Å². The molecule has 1 amide bonds. The van der Waals surface area contributed by atoms with Crippen molar-refractivity contribution in [3.05, 3.63) is 58.5 Å². The largest absolute Gasteiger partial charge is 0.446 e. The number of hydrogen-bond acceptors (Lipinski definition) is 3. The Labute approximate surface area is 122 Å². The number of amides is 1. The maximum atomic E-state index is 11.4. The lowest BCUT2D eigenvalue weighted by Crippen LogP contribution is -2.14. The number of nitrogens with zero attached hydrogens (tertiary/aromatic N) is 1. The summed E-state index contributed by atoms with van der Waals surface area (Å²) in [4.78, 5) is 22.1. The van der Waals surface area contributed by atoms with Crippen molar-refractivity contribution in [1.82, 2.24) is 4.57 Å². The average molecular weight is 284 g/mol. The second-order valence-corrected chi connectivity index (χ2v) is 5.31. The van der Waals surface area contributed by atoms with Gasteiger partial charge in [0.1, 0.15) is 6.10 Å². The molecule has 5 heteroatoms. The quantitative estimate of drug-likeness (QED) is 0.936. The third-order valence-corrected chi connectivity index (χ3v) is 3.76. The van der Waals surface area contributed by atoms with Crippen LogP contribution in [0.2, 0.25) is 0 Å². The maximum Gasteiger partial charge on any atom is 0.404 e. The van der Waals surface area contributed by atoms with Crippen LogP contribution in [0.25, 0.3) is 11.1 Å². The van der Waals surface area contributed by atoms with Crippen molar-refractivity contribution >= 4 is 6.09 Å². The van der Waals surface area contributed by atoms with Crippen molar-refractivity contribution < 1.29 is 9.53 Å². The molecule has 2 atom stereocenters. The summed E-state index contributed by atoms with van der Waals surface area (Å²) in [6.45, 7) is 0. The van der Waals surface area contributed by atoms with Crippen LogP contribution in [0, 0.1) is 0 Å². The molecule has 1 aliphatic rings. The van der Waals surface area contributed by atoms with Crippen LogP contribution in [-0.4, -0.2) is 16.8 Å². The van der Waals surface area contributed by atoms with Gasteiger partial charge in [0.05, 0.1) is 0 Å². The van der Waals surface area contributed by atoms with Gasteiger partial charge in [0.25, 0.3) is 0 Å². The predicted octanol–water partition coefficient (Wildman–Crippen LogP) is 2.00. The van der Waals surface area contributed by atoms with Crippen LogP contribution >= 0.6 is 0 Å². The molecule has 21 heavy (non-hydrogen) atoms. The third kappa shape index (κ3) is 2.81. The monoisotopic (exact) mass is 284 g/mol. The first-order valence-electron chi connectivity index (χ1n) is 6.78. The summed E-state index contributed by atoms with van der Waals surface area (Å²) in [6.07, 6.45) is 1.82. The Morgan fingerprint density at radius 2 is 1.86 bits per heavy atom.